The number of nitrogens with zero attached hydrogens (tertiary/aromatic N) is 1. The second-order valence-corrected chi connectivity index (χ2v) is 9.03. The van der Waals surface area contributed by atoms with Crippen molar-refractivity contribution in [1.82, 2.24) is 15.5 Å². The summed E-state index contributed by atoms with van der Waals surface area (Å²) in [5.74, 6) is -1.99. The van der Waals surface area contributed by atoms with Crippen molar-refractivity contribution in [2.24, 2.45) is 0 Å². The van der Waals surface area contributed by atoms with Gasteiger partial charge in [-0.25, -0.2) is 9.18 Å². The molecule has 2 aromatic carbocycles. The van der Waals surface area contributed by atoms with E-state index in [1.165, 1.54) is 18.1 Å². The van der Waals surface area contributed by atoms with Crippen LogP contribution in [-0.2, 0) is 23.3 Å². The maximum atomic E-state index is 14.8. The molecular formula is C25H20FN3O6. The highest BCUT2D eigenvalue weighted by Crippen LogP contribution is 2.37. The first kappa shape index (κ1) is 21.3. The molecule has 2 N–H and O–H groups in total. The van der Waals surface area contributed by atoms with E-state index in [9.17, 15) is 23.6 Å². The fraction of sp³-hybridized carbons (Fsp3) is 0.280. The van der Waals surface area contributed by atoms with Crippen molar-refractivity contribution in [3.63, 3.8) is 0 Å². The Bertz CT molecular complexity index is 1480. The molecule has 6 rings (SSSR count). The van der Waals surface area contributed by atoms with Gasteiger partial charge >= 0.3 is 6.03 Å². The average molecular weight is 477 g/mol. The van der Waals surface area contributed by atoms with E-state index in [1.54, 1.807) is 18.2 Å². The average Bonchev–Trinajstić information content (AvgIpc) is 3.47. The Morgan fingerprint density at radius 3 is 2.69 bits per heavy atom. The van der Waals surface area contributed by atoms with E-state index in [4.69, 9.17) is 9.15 Å². The molecule has 10 heteroatoms. The number of carbonyl (C=O) groups is 4. The minimum atomic E-state index is -1.72. The van der Waals surface area contributed by atoms with Gasteiger partial charge in [0, 0.05) is 23.9 Å². The number of aryl methyl sites for hydroxylation is 1. The van der Waals surface area contributed by atoms with Crippen molar-refractivity contribution in [3.8, 4) is 5.75 Å². The third kappa shape index (κ3) is 3.05. The van der Waals surface area contributed by atoms with Crippen molar-refractivity contribution in [3.05, 3.63) is 64.2 Å². The number of Topliss-reactive ketones (excluding diaryl/α,β-unsaturated/α-hetero) is 1. The smallest absolute Gasteiger partial charge is 0.322 e. The number of hydrogen-bond donors (Lipinski definition) is 2. The Morgan fingerprint density at radius 1 is 1.11 bits per heavy atom. The van der Waals surface area contributed by atoms with Crippen LogP contribution >= 0.6 is 0 Å². The molecule has 1 atom stereocenters. The lowest BCUT2D eigenvalue weighted by molar-refractivity contribution is -0.125. The molecule has 2 aliphatic heterocycles. The summed E-state index contributed by atoms with van der Waals surface area (Å²) in [5, 5.41) is 5.50. The number of nitrogens with one attached hydrogen (secondary N) is 2. The zero-order valence-corrected chi connectivity index (χ0v) is 18.7. The molecule has 1 fully saturated rings. The number of carbonyl (C=O) groups excluding carboxylic acids is 4. The van der Waals surface area contributed by atoms with Gasteiger partial charge in [0.2, 0.25) is 0 Å². The van der Waals surface area contributed by atoms with Crippen molar-refractivity contribution >= 4 is 34.6 Å². The number of hydrogen-bond acceptors (Lipinski definition) is 6. The quantitative estimate of drug-likeness (QED) is 0.558. The molecule has 0 unspecified atom stereocenters. The van der Waals surface area contributed by atoms with E-state index in [0.29, 0.717) is 28.5 Å². The lowest BCUT2D eigenvalue weighted by Crippen LogP contribution is -2.52. The monoisotopic (exact) mass is 477 g/mol. The normalized spacial score (nSPS) is 21.3. The molecule has 1 aromatic heterocycles. The summed E-state index contributed by atoms with van der Waals surface area (Å²) >= 11 is 0. The second-order valence-electron chi connectivity index (χ2n) is 9.03. The Hall–Kier alpha value is -4.21. The molecule has 0 bridgehead atoms. The van der Waals surface area contributed by atoms with Gasteiger partial charge in [0.15, 0.2) is 22.9 Å². The summed E-state index contributed by atoms with van der Waals surface area (Å²) in [6.07, 6.45) is 1.99. The van der Waals surface area contributed by atoms with Gasteiger partial charge in [0.05, 0.1) is 19.2 Å². The number of fused-ring (bicyclic) bond motifs is 3. The van der Waals surface area contributed by atoms with Gasteiger partial charge in [0.25, 0.3) is 11.8 Å². The first-order chi connectivity index (χ1) is 16.8. The van der Waals surface area contributed by atoms with Crippen LogP contribution in [0, 0.1) is 5.82 Å². The zero-order valence-electron chi connectivity index (χ0n) is 18.7. The predicted octanol–water partition coefficient (Wildman–Crippen LogP) is 2.79. The summed E-state index contributed by atoms with van der Waals surface area (Å²) in [6, 6.07) is 7.45. The van der Waals surface area contributed by atoms with Gasteiger partial charge in [-0.3, -0.25) is 19.7 Å². The van der Waals surface area contributed by atoms with Gasteiger partial charge in [0.1, 0.15) is 11.3 Å². The maximum Gasteiger partial charge on any atom is 0.322 e. The summed E-state index contributed by atoms with van der Waals surface area (Å²) in [5.41, 5.74) is 0.495. The minimum Gasteiger partial charge on any atom is -0.494 e. The first-order valence-corrected chi connectivity index (χ1v) is 11.2. The third-order valence-electron chi connectivity index (χ3n) is 6.96. The van der Waals surface area contributed by atoms with Crippen LogP contribution in [0.25, 0.3) is 11.0 Å². The van der Waals surface area contributed by atoms with Crippen molar-refractivity contribution in [2.75, 3.05) is 13.7 Å². The minimum absolute atomic E-state index is 0.0330. The van der Waals surface area contributed by atoms with Crippen LogP contribution in [0.3, 0.4) is 0 Å². The van der Waals surface area contributed by atoms with E-state index in [-0.39, 0.29) is 35.9 Å². The number of imide groups is 1. The topological polar surface area (TPSA) is 118 Å². The van der Waals surface area contributed by atoms with Gasteiger partial charge in [-0.1, -0.05) is 6.07 Å². The molecule has 3 aromatic rings. The van der Waals surface area contributed by atoms with Gasteiger partial charge in [-0.15, -0.1) is 0 Å². The number of benzene rings is 2. The number of halogens is 1. The fourth-order valence-corrected chi connectivity index (χ4v) is 5.21. The highest BCUT2D eigenvalue weighted by molar-refractivity contribution is 6.09. The van der Waals surface area contributed by atoms with E-state index in [0.717, 1.165) is 18.4 Å². The van der Waals surface area contributed by atoms with Gasteiger partial charge in [-0.05, 0) is 48.2 Å². The molecule has 1 aliphatic carbocycles. The van der Waals surface area contributed by atoms with Crippen LogP contribution in [-0.4, -0.2) is 42.2 Å². The lowest BCUT2D eigenvalue weighted by atomic mass is 9.89. The molecule has 4 amide bonds. The molecule has 3 aliphatic rings. The number of methoxy groups -OCH3 is 1. The molecule has 0 radical (unpaired) electrons. The van der Waals surface area contributed by atoms with Gasteiger partial charge in [-0.2, -0.15) is 0 Å². The summed E-state index contributed by atoms with van der Waals surface area (Å²) < 4.78 is 25.8. The van der Waals surface area contributed by atoms with Crippen LogP contribution in [0.2, 0.25) is 0 Å². The van der Waals surface area contributed by atoms with Gasteiger partial charge < -0.3 is 19.4 Å². The second kappa shape index (κ2) is 7.39. The van der Waals surface area contributed by atoms with E-state index in [1.807, 2.05) is 6.07 Å². The molecule has 1 saturated heterocycles. The Kier molecular flexibility index (Phi) is 4.51. The number of rotatable bonds is 4. The summed E-state index contributed by atoms with van der Waals surface area (Å²) in [4.78, 5) is 52.1. The lowest BCUT2D eigenvalue weighted by Gasteiger charge is -2.29. The predicted molar refractivity (Wildman–Crippen MR) is 120 cm³/mol. The van der Waals surface area contributed by atoms with Crippen molar-refractivity contribution in [1.29, 1.82) is 0 Å². The summed E-state index contributed by atoms with van der Waals surface area (Å²) in [6.45, 7) is -0.235. The SMILES string of the molecule is COc1ccc2c(c1F)C(=O)N(C[C@@]1(c3cc4cc5c(cc4o3)C(=O)CCC5)NC(=O)NC1=O)C2. The highest BCUT2D eigenvalue weighted by Gasteiger charge is 2.53. The molecule has 3 heterocycles. The van der Waals surface area contributed by atoms with E-state index in [2.05, 4.69) is 10.6 Å². The van der Waals surface area contributed by atoms with E-state index < -0.39 is 29.2 Å². The highest BCUT2D eigenvalue weighted by atomic mass is 19.1. The number of urea groups is 1. The van der Waals surface area contributed by atoms with Crippen LogP contribution in [0.15, 0.2) is 34.7 Å². The van der Waals surface area contributed by atoms with Crippen LogP contribution in [0.1, 0.15) is 50.4 Å². The van der Waals surface area contributed by atoms with Crippen LogP contribution < -0.4 is 15.4 Å². The molecule has 0 saturated carbocycles. The fourth-order valence-electron chi connectivity index (χ4n) is 5.21. The molecular weight excluding hydrogens is 457 g/mol. The first-order valence-electron chi connectivity index (χ1n) is 11.2. The zero-order chi connectivity index (χ0) is 24.5. The number of furan rings is 1. The maximum absolute atomic E-state index is 14.8. The molecule has 0 spiro atoms. The summed E-state index contributed by atoms with van der Waals surface area (Å²) in [7, 11) is 1.31. The number of ketones is 1. The number of ether oxygens (including phenoxy) is 1. The van der Waals surface area contributed by atoms with Crippen LogP contribution in [0.4, 0.5) is 9.18 Å². The van der Waals surface area contributed by atoms with Crippen molar-refractivity contribution in [2.45, 2.75) is 31.3 Å². The molecule has 178 valence electrons. The molecule has 35 heavy (non-hydrogen) atoms. The van der Waals surface area contributed by atoms with E-state index >= 15 is 0 Å². The Labute approximate surface area is 198 Å². The standard InChI is InChI=1S/C25H20FN3O6/c1-34-17-6-5-13-10-29(22(31)20(13)21(17)26)11-25(23(32)27-24(33)28-25)19-8-14-7-12-3-2-4-16(30)15(12)9-18(14)35-19/h5-9H,2-4,10-11H2,1H3,(H2,27,28,32,33)/t25-/m0/s1. The van der Waals surface area contributed by atoms with Crippen LogP contribution in [0.5, 0.6) is 5.75 Å². The van der Waals surface area contributed by atoms with Crippen molar-refractivity contribution < 1.29 is 32.7 Å². The Morgan fingerprint density at radius 2 is 1.94 bits per heavy atom. The number of amides is 4. The Balaban J connectivity index is 1.42. The third-order valence-corrected chi connectivity index (χ3v) is 6.96. The largest absolute Gasteiger partial charge is 0.494 e. The molecule has 9 nitrogen and oxygen atoms in total.